The molecular formula is C41H39ClN4O3. The lowest BCUT2D eigenvalue weighted by atomic mass is 9.87. The third kappa shape index (κ3) is 6.56. The van der Waals surface area contributed by atoms with E-state index in [9.17, 15) is 10.4 Å². The van der Waals surface area contributed by atoms with Crippen LogP contribution < -0.4 is 9.47 Å². The van der Waals surface area contributed by atoms with E-state index in [1.54, 1.807) is 24.4 Å². The number of halogens is 1. The summed E-state index contributed by atoms with van der Waals surface area (Å²) < 4.78 is 12.2. The maximum absolute atomic E-state index is 10.3. The van der Waals surface area contributed by atoms with Crippen molar-refractivity contribution in [1.82, 2.24) is 14.9 Å². The smallest absolute Gasteiger partial charge is 0.236 e. The van der Waals surface area contributed by atoms with Gasteiger partial charge in [0.05, 0.1) is 17.7 Å². The third-order valence-electron chi connectivity index (χ3n) is 9.73. The van der Waals surface area contributed by atoms with E-state index in [0.717, 1.165) is 40.7 Å². The van der Waals surface area contributed by atoms with Crippen LogP contribution in [-0.2, 0) is 25.2 Å². The van der Waals surface area contributed by atoms with Gasteiger partial charge in [-0.2, -0.15) is 10.2 Å². The Morgan fingerprint density at radius 3 is 2.43 bits per heavy atom. The van der Waals surface area contributed by atoms with Crippen molar-refractivity contribution in [1.29, 1.82) is 5.26 Å². The van der Waals surface area contributed by atoms with Gasteiger partial charge in [0, 0.05) is 23.5 Å². The van der Waals surface area contributed by atoms with E-state index in [-0.39, 0.29) is 31.2 Å². The number of nitrogens with zero attached hydrogens (tertiary/aromatic N) is 4. The zero-order valence-corrected chi connectivity index (χ0v) is 29.0. The molecule has 248 valence electrons. The lowest BCUT2D eigenvalue weighted by Crippen LogP contribution is -2.42. The van der Waals surface area contributed by atoms with E-state index in [1.807, 2.05) is 20.2 Å². The molecule has 0 aliphatic heterocycles. The van der Waals surface area contributed by atoms with Crippen LogP contribution in [-0.4, -0.2) is 40.7 Å². The van der Waals surface area contributed by atoms with Crippen molar-refractivity contribution in [3.8, 4) is 40.1 Å². The number of hydrogen-bond donors (Lipinski definition) is 1. The van der Waals surface area contributed by atoms with E-state index in [0.29, 0.717) is 22.0 Å². The topological polar surface area (TPSA) is 91.5 Å². The minimum atomic E-state index is -0.324. The van der Waals surface area contributed by atoms with Gasteiger partial charge in [-0.05, 0) is 103 Å². The number of rotatable bonds is 11. The molecule has 1 N–H and O–H groups in total. The van der Waals surface area contributed by atoms with Gasteiger partial charge in [0.15, 0.2) is 0 Å². The second kappa shape index (κ2) is 14.2. The summed E-state index contributed by atoms with van der Waals surface area (Å²) >= 11 is 6.59. The lowest BCUT2D eigenvalue weighted by Gasteiger charge is -2.35. The molecule has 1 unspecified atom stereocenters. The Balaban J connectivity index is 1.24. The molecular weight excluding hydrogens is 632 g/mol. The molecule has 2 heterocycles. The lowest BCUT2D eigenvalue weighted by molar-refractivity contribution is 0.0674. The summed E-state index contributed by atoms with van der Waals surface area (Å²) in [5.41, 5.74) is 12.0. The highest BCUT2D eigenvalue weighted by atomic mass is 35.5. The Labute approximate surface area is 293 Å². The number of aryl methyl sites for hydroxylation is 1. The molecule has 0 saturated heterocycles. The standard InChI is InChI=1S/C41H39ClN4O3/c1-6-30-19-38(42)40(45-39(30)48-23-29-17-28(20-43)21-44-22-29)49-24-33-9-7-11-35(26(33)2)36-12-8-10-34(27(36)3)31-13-14-37-32(18-31)15-16-41(37,25-47)46(4)5/h6-14,17-19,21-22,47H,1,15-16,23-25H2,2-5H3. The number of aliphatic hydroxyl groups is 1. The Hall–Kier alpha value is -5.00. The first kappa shape index (κ1) is 33.9. The Morgan fingerprint density at radius 2 is 1.69 bits per heavy atom. The molecule has 49 heavy (non-hydrogen) atoms. The zero-order chi connectivity index (χ0) is 34.7. The number of likely N-dealkylation sites (N-methyl/N-ethyl adjacent to an activating group) is 1. The molecule has 0 bridgehead atoms. The molecule has 6 rings (SSSR count). The van der Waals surface area contributed by atoms with Crippen molar-refractivity contribution in [2.24, 2.45) is 0 Å². The predicted molar refractivity (Wildman–Crippen MR) is 195 cm³/mol. The molecule has 7 nitrogen and oxygen atoms in total. The third-order valence-corrected chi connectivity index (χ3v) is 10.0. The first-order chi connectivity index (χ1) is 23.7. The zero-order valence-electron chi connectivity index (χ0n) is 28.3. The van der Waals surface area contributed by atoms with E-state index >= 15 is 0 Å². The number of fused-ring (bicyclic) bond motifs is 1. The molecule has 1 aliphatic rings. The van der Waals surface area contributed by atoms with Crippen molar-refractivity contribution < 1.29 is 14.6 Å². The summed E-state index contributed by atoms with van der Waals surface area (Å²) in [6.07, 6.45) is 6.63. The van der Waals surface area contributed by atoms with Gasteiger partial charge >= 0.3 is 0 Å². The molecule has 3 aromatic carbocycles. The predicted octanol–water partition coefficient (Wildman–Crippen LogP) is 8.45. The van der Waals surface area contributed by atoms with E-state index in [4.69, 9.17) is 21.1 Å². The van der Waals surface area contributed by atoms with Crippen molar-refractivity contribution in [3.63, 3.8) is 0 Å². The van der Waals surface area contributed by atoms with Crippen LogP contribution >= 0.6 is 11.6 Å². The highest BCUT2D eigenvalue weighted by Crippen LogP contribution is 2.43. The number of nitriles is 1. The largest absolute Gasteiger partial charge is 0.472 e. The first-order valence-corrected chi connectivity index (χ1v) is 16.6. The van der Waals surface area contributed by atoms with Crippen LogP contribution in [0, 0.1) is 25.2 Å². The Kier molecular flexibility index (Phi) is 9.84. The van der Waals surface area contributed by atoms with Crippen molar-refractivity contribution in [2.45, 2.75) is 45.4 Å². The van der Waals surface area contributed by atoms with Crippen LogP contribution in [0.25, 0.3) is 28.3 Å². The summed E-state index contributed by atoms with van der Waals surface area (Å²) in [5, 5.41) is 19.9. The number of pyridine rings is 2. The summed E-state index contributed by atoms with van der Waals surface area (Å²) in [5.74, 6) is 0.579. The van der Waals surface area contributed by atoms with Crippen LogP contribution in [0.4, 0.5) is 0 Å². The summed E-state index contributed by atoms with van der Waals surface area (Å²) in [7, 11) is 4.09. The fourth-order valence-corrected chi connectivity index (χ4v) is 7.01. The van der Waals surface area contributed by atoms with Gasteiger partial charge in [-0.3, -0.25) is 9.88 Å². The Bertz CT molecular complexity index is 2090. The maximum Gasteiger partial charge on any atom is 0.236 e. The fraction of sp³-hybridized carbons (Fsp3) is 0.244. The second-order valence-corrected chi connectivity index (χ2v) is 13.1. The minimum Gasteiger partial charge on any atom is -0.472 e. The molecule has 2 aromatic heterocycles. The quantitative estimate of drug-likeness (QED) is 0.151. The molecule has 1 aliphatic carbocycles. The number of hydrogen-bond acceptors (Lipinski definition) is 7. The van der Waals surface area contributed by atoms with Gasteiger partial charge in [-0.25, -0.2) is 0 Å². The molecule has 0 spiro atoms. The number of aromatic nitrogens is 2. The summed E-state index contributed by atoms with van der Waals surface area (Å²) in [6, 6.07) is 24.9. The molecule has 0 saturated carbocycles. The molecule has 1 atom stereocenters. The van der Waals surface area contributed by atoms with Gasteiger partial charge in [0.25, 0.3) is 0 Å². The number of benzene rings is 3. The number of aliphatic hydroxyl groups excluding tert-OH is 1. The second-order valence-electron chi connectivity index (χ2n) is 12.7. The molecule has 8 heteroatoms. The van der Waals surface area contributed by atoms with Gasteiger partial charge < -0.3 is 14.6 Å². The highest BCUT2D eigenvalue weighted by Gasteiger charge is 2.40. The van der Waals surface area contributed by atoms with E-state index < -0.39 is 0 Å². The normalized spacial score (nSPS) is 15.1. The highest BCUT2D eigenvalue weighted by molar-refractivity contribution is 6.32. The maximum atomic E-state index is 10.3. The van der Waals surface area contributed by atoms with Crippen LogP contribution in [0.5, 0.6) is 11.8 Å². The van der Waals surface area contributed by atoms with Crippen LogP contribution in [0.1, 0.15) is 50.9 Å². The van der Waals surface area contributed by atoms with Crippen LogP contribution in [0.2, 0.25) is 5.02 Å². The van der Waals surface area contributed by atoms with E-state index in [2.05, 4.69) is 89.9 Å². The van der Waals surface area contributed by atoms with Crippen molar-refractivity contribution in [2.75, 3.05) is 20.7 Å². The van der Waals surface area contributed by atoms with Gasteiger partial charge in [-0.15, -0.1) is 0 Å². The SMILES string of the molecule is C=Cc1cc(Cl)c(OCc2cccc(-c3cccc(-c4ccc5c(c4)CCC5(CO)N(C)C)c3C)c2C)nc1OCc1cncc(C#N)c1. The average Bonchev–Trinajstić information content (AvgIpc) is 3.50. The minimum absolute atomic E-state index is 0.106. The summed E-state index contributed by atoms with van der Waals surface area (Å²) in [6.45, 7) is 8.69. The summed E-state index contributed by atoms with van der Waals surface area (Å²) in [4.78, 5) is 10.8. The van der Waals surface area contributed by atoms with Gasteiger partial charge in [0.2, 0.25) is 11.8 Å². The molecule has 0 radical (unpaired) electrons. The van der Waals surface area contributed by atoms with E-state index in [1.165, 1.54) is 34.0 Å². The number of ether oxygens (including phenoxy) is 2. The molecule has 0 fully saturated rings. The monoisotopic (exact) mass is 670 g/mol. The average molecular weight is 671 g/mol. The van der Waals surface area contributed by atoms with Gasteiger partial charge in [0.1, 0.15) is 24.3 Å². The Morgan fingerprint density at radius 1 is 0.959 bits per heavy atom. The van der Waals surface area contributed by atoms with Crippen molar-refractivity contribution >= 4 is 17.7 Å². The molecule has 5 aromatic rings. The first-order valence-electron chi connectivity index (χ1n) is 16.2. The van der Waals surface area contributed by atoms with Crippen LogP contribution in [0.15, 0.2) is 85.7 Å². The van der Waals surface area contributed by atoms with Crippen molar-refractivity contribution in [3.05, 3.63) is 135 Å². The molecule has 0 amide bonds. The fourth-order valence-electron chi connectivity index (χ4n) is 6.80. The van der Waals surface area contributed by atoms with Crippen LogP contribution in [0.3, 0.4) is 0 Å². The van der Waals surface area contributed by atoms with Gasteiger partial charge in [-0.1, -0.05) is 78.9 Å².